The highest BCUT2D eigenvalue weighted by molar-refractivity contribution is 7.98. The summed E-state index contributed by atoms with van der Waals surface area (Å²) in [7, 11) is 1.82. The lowest BCUT2D eigenvalue weighted by molar-refractivity contribution is 1.19. The average molecular weight is 296 g/mol. The first-order valence-electron chi connectivity index (χ1n) is 6.66. The van der Waals surface area contributed by atoms with Crippen LogP contribution in [0.2, 0.25) is 0 Å². The highest BCUT2D eigenvalue weighted by atomic mass is 32.2. The zero-order chi connectivity index (χ0) is 14.7. The number of fused-ring (bicyclic) bond motifs is 1. The molecular formula is C16H16N4S. The number of benzene rings is 2. The predicted octanol–water partition coefficient (Wildman–Crippen LogP) is 4.14. The standard InChI is InChI=1S/C16H16N4S/c1-17-16-19-12-8-4-3-7-11(12)15(20-16)18-13-9-5-6-10-14(13)21-2/h3-10H,1-2H3,(H2,17,18,19,20). The summed E-state index contributed by atoms with van der Waals surface area (Å²) in [6.07, 6.45) is 2.07. The average Bonchev–Trinajstić information content (AvgIpc) is 2.55. The van der Waals surface area contributed by atoms with E-state index in [1.54, 1.807) is 11.8 Å². The van der Waals surface area contributed by atoms with E-state index < -0.39 is 0 Å². The summed E-state index contributed by atoms with van der Waals surface area (Å²) in [4.78, 5) is 10.2. The molecule has 3 aromatic rings. The molecule has 0 saturated carbocycles. The van der Waals surface area contributed by atoms with Crippen LogP contribution in [0, 0.1) is 0 Å². The Kier molecular flexibility index (Phi) is 3.92. The Labute approximate surface area is 128 Å². The quantitative estimate of drug-likeness (QED) is 0.709. The third-order valence-electron chi connectivity index (χ3n) is 3.19. The van der Waals surface area contributed by atoms with Crippen LogP contribution in [0.25, 0.3) is 10.9 Å². The van der Waals surface area contributed by atoms with Crippen LogP contribution >= 0.6 is 11.8 Å². The van der Waals surface area contributed by atoms with Crippen LogP contribution in [0.5, 0.6) is 0 Å². The molecule has 3 rings (SSSR count). The number of anilines is 3. The Bertz CT molecular complexity index is 773. The van der Waals surface area contributed by atoms with E-state index in [4.69, 9.17) is 0 Å². The van der Waals surface area contributed by atoms with Crippen molar-refractivity contribution in [2.24, 2.45) is 0 Å². The van der Waals surface area contributed by atoms with Gasteiger partial charge in [0, 0.05) is 17.3 Å². The van der Waals surface area contributed by atoms with E-state index in [9.17, 15) is 0 Å². The summed E-state index contributed by atoms with van der Waals surface area (Å²) in [6.45, 7) is 0. The van der Waals surface area contributed by atoms with Gasteiger partial charge < -0.3 is 10.6 Å². The topological polar surface area (TPSA) is 49.8 Å². The van der Waals surface area contributed by atoms with Crippen LogP contribution < -0.4 is 10.6 Å². The van der Waals surface area contributed by atoms with Crippen molar-refractivity contribution in [2.45, 2.75) is 4.90 Å². The minimum absolute atomic E-state index is 0.609. The van der Waals surface area contributed by atoms with Crippen molar-refractivity contribution in [3.63, 3.8) is 0 Å². The third-order valence-corrected chi connectivity index (χ3v) is 3.98. The molecule has 1 aromatic heterocycles. The molecule has 0 radical (unpaired) electrons. The zero-order valence-corrected chi connectivity index (χ0v) is 12.7. The molecule has 0 spiro atoms. The van der Waals surface area contributed by atoms with Crippen molar-refractivity contribution in [3.05, 3.63) is 48.5 Å². The molecule has 21 heavy (non-hydrogen) atoms. The van der Waals surface area contributed by atoms with Gasteiger partial charge >= 0.3 is 0 Å². The lowest BCUT2D eigenvalue weighted by atomic mass is 10.2. The van der Waals surface area contributed by atoms with Crippen molar-refractivity contribution in [1.29, 1.82) is 0 Å². The molecule has 1 heterocycles. The van der Waals surface area contributed by atoms with Gasteiger partial charge in [0.05, 0.1) is 11.2 Å². The van der Waals surface area contributed by atoms with Crippen LogP contribution in [0.1, 0.15) is 0 Å². The summed E-state index contributed by atoms with van der Waals surface area (Å²) in [6, 6.07) is 16.2. The van der Waals surface area contributed by atoms with E-state index in [0.29, 0.717) is 5.95 Å². The van der Waals surface area contributed by atoms with E-state index in [1.165, 1.54) is 4.90 Å². The van der Waals surface area contributed by atoms with Crippen LogP contribution in [0.3, 0.4) is 0 Å². The number of nitrogens with one attached hydrogen (secondary N) is 2. The summed E-state index contributed by atoms with van der Waals surface area (Å²) in [5.41, 5.74) is 1.97. The first kappa shape index (κ1) is 13.7. The Morgan fingerprint density at radius 3 is 2.52 bits per heavy atom. The van der Waals surface area contributed by atoms with E-state index in [2.05, 4.69) is 39.0 Å². The normalized spacial score (nSPS) is 10.6. The number of nitrogens with zero attached hydrogens (tertiary/aromatic N) is 2. The van der Waals surface area contributed by atoms with Crippen LogP contribution in [-0.2, 0) is 0 Å². The van der Waals surface area contributed by atoms with Gasteiger partial charge in [0.1, 0.15) is 5.82 Å². The van der Waals surface area contributed by atoms with Crippen molar-refractivity contribution in [2.75, 3.05) is 23.9 Å². The molecule has 0 aliphatic rings. The molecule has 0 fully saturated rings. The Hall–Kier alpha value is -2.27. The maximum absolute atomic E-state index is 4.55. The SMILES string of the molecule is CNc1nc(Nc2ccccc2SC)c2ccccc2n1. The van der Waals surface area contributed by atoms with Crippen LogP contribution in [0.4, 0.5) is 17.5 Å². The Morgan fingerprint density at radius 1 is 0.952 bits per heavy atom. The fraction of sp³-hybridized carbons (Fsp3) is 0.125. The molecular weight excluding hydrogens is 280 g/mol. The van der Waals surface area contributed by atoms with Crippen LogP contribution in [0.15, 0.2) is 53.4 Å². The summed E-state index contributed by atoms with van der Waals surface area (Å²) in [5, 5.41) is 7.44. The minimum Gasteiger partial charge on any atom is -0.357 e. The highest BCUT2D eigenvalue weighted by Crippen LogP contribution is 2.30. The number of hydrogen-bond acceptors (Lipinski definition) is 5. The number of hydrogen-bond donors (Lipinski definition) is 2. The first-order valence-corrected chi connectivity index (χ1v) is 7.89. The summed E-state index contributed by atoms with van der Waals surface area (Å²) in [5.74, 6) is 1.42. The summed E-state index contributed by atoms with van der Waals surface area (Å²) >= 11 is 1.71. The number of rotatable bonds is 4. The van der Waals surface area contributed by atoms with E-state index >= 15 is 0 Å². The molecule has 0 aliphatic heterocycles. The molecule has 2 N–H and O–H groups in total. The fourth-order valence-electron chi connectivity index (χ4n) is 2.16. The molecule has 0 aliphatic carbocycles. The molecule has 0 bridgehead atoms. The molecule has 106 valence electrons. The zero-order valence-electron chi connectivity index (χ0n) is 11.9. The van der Waals surface area contributed by atoms with Gasteiger partial charge in [0.15, 0.2) is 0 Å². The largest absolute Gasteiger partial charge is 0.357 e. The molecule has 0 amide bonds. The van der Waals surface area contributed by atoms with Gasteiger partial charge in [-0.3, -0.25) is 0 Å². The van der Waals surface area contributed by atoms with Crippen LogP contribution in [-0.4, -0.2) is 23.3 Å². The molecule has 2 aromatic carbocycles. The van der Waals surface area contributed by atoms with E-state index in [1.807, 2.05) is 43.4 Å². The lowest BCUT2D eigenvalue weighted by Gasteiger charge is -2.12. The smallest absolute Gasteiger partial charge is 0.224 e. The second-order valence-electron chi connectivity index (χ2n) is 4.49. The lowest BCUT2D eigenvalue weighted by Crippen LogP contribution is -2.02. The highest BCUT2D eigenvalue weighted by Gasteiger charge is 2.08. The maximum Gasteiger partial charge on any atom is 0.224 e. The van der Waals surface area contributed by atoms with Crippen molar-refractivity contribution in [1.82, 2.24) is 9.97 Å². The molecule has 0 saturated heterocycles. The number of para-hydroxylation sites is 2. The second kappa shape index (κ2) is 6.01. The van der Waals surface area contributed by atoms with Gasteiger partial charge in [-0.05, 0) is 30.5 Å². The van der Waals surface area contributed by atoms with Crippen molar-refractivity contribution < 1.29 is 0 Å². The van der Waals surface area contributed by atoms with Crippen molar-refractivity contribution >= 4 is 40.1 Å². The fourth-order valence-corrected chi connectivity index (χ4v) is 2.71. The summed E-state index contributed by atoms with van der Waals surface area (Å²) < 4.78 is 0. The Balaban J connectivity index is 2.11. The van der Waals surface area contributed by atoms with Gasteiger partial charge in [-0.15, -0.1) is 11.8 Å². The Morgan fingerprint density at radius 2 is 1.71 bits per heavy atom. The molecule has 0 atom stereocenters. The molecule has 4 nitrogen and oxygen atoms in total. The van der Waals surface area contributed by atoms with Gasteiger partial charge in [-0.2, -0.15) is 4.98 Å². The first-order chi connectivity index (χ1) is 10.3. The van der Waals surface area contributed by atoms with Crippen molar-refractivity contribution in [3.8, 4) is 0 Å². The van der Waals surface area contributed by atoms with Gasteiger partial charge in [-0.25, -0.2) is 4.98 Å². The third kappa shape index (κ3) is 2.78. The number of thioether (sulfide) groups is 1. The predicted molar refractivity (Wildman–Crippen MR) is 90.6 cm³/mol. The van der Waals surface area contributed by atoms with E-state index in [0.717, 1.165) is 22.4 Å². The van der Waals surface area contributed by atoms with Gasteiger partial charge in [0.25, 0.3) is 0 Å². The van der Waals surface area contributed by atoms with E-state index in [-0.39, 0.29) is 0 Å². The minimum atomic E-state index is 0.609. The maximum atomic E-state index is 4.55. The molecule has 0 unspecified atom stereocenters. The van der Waals surface area contributed by atoms with Gasteiger partial charge in [0.2, 0.25) is 5.95 Å². The number of aromatic nitrogens is 2. The monoisotopic (exact) mass is 296 g/mol. The van der Waals surface area contributed by atoms with Gasteiger partial charge in [-0.1, -0.05) is 24.3 Å². The second-order valence-corrected chi connectivity index (χ2v) is 5.34. The molecule has 5 heteroatoms.